The van der Waals surface area contributed by atoms with Crippen LogP contribution in [-0.2, 0) is 9.47 Å². The molecule has 0 unspecified atom stereocenters. The van der Waals surface area contributed by atoms with Gasteiger partial charge in [0.25, 0.3) is 5.69 Å². The number of carboxylic acids is 1. The van der Waals surface area contributed by atoms with Gasteiger partial charge >= 0.3 is 18.2 Å². The molecule has 0 aliphatic rings. The summed E-state index contributed by atoms with van der Waals surface area (Å²) in [6, 6.07) is 3.55. The molecule has 0 atom stereocenters. The van der Waals surface area contributed by atoms with Crippen LogP contribution in [0.4, 0.5) is 25.4 Å². The number of ether oxygens (including phenoxy) is 3. The van der Waals surface area contributed by atoms with E-state index in [2.05, 4.69) is 0 Å². The molecule has 0 fully saturated rings. The van der Waals surface area contributed by atoms with E-state index in [9.17, 15) is 34.0 Å². The van der Waals surface area contributed by atoms with Gasteiger partial charge in [0.1, 0.15) is 27.0 Å². The molecule has 0 aromatic heterocycles. The van der Waals surface area contributed by atoms with E-state index in [4.69, 9.17) is 37.4 Å². The third-order valence-corrected chi connectivity index (χ3v) is 4.87. The number of benzene rings is 2. The molecule has 2 amide bonds. The normalized spacial score (nSPS) is 11.5. The molecule has 0 radical (unpaired) electrons. The lowest BCUT2D eigenvalue weighted by Gasteiger charge is -2.29. The molecule has 2 rings (SSSR count). The van der Waals surface area contributed by atoms with Crippen molar-refractivity contribution < 1.29 is 43.0 Å². The zero-order valence-corrected chi connectivity index (χ0v) is 22.1. The predicted octanol–water partition coefficient (Wildman–Crippen LogP) is 7.21. The summed E-state index contributed by atoms with van der Waals surface area (Å²) in [5.41, 5.74) is -4.20. The van der Waals surface area contributed by atoms with Crippen LogP contribution in [0.1, 0.15) is 51.9 Å². The van der Waals surface area contributed by atoms with Crippen molar-refractivity contribution in [1.29, 1.82) is 0 Å². The van der Waals surface area contributed by atoms with Crippen molar-refractivity contribution in [2.75, 3.05) is 4.90 Å². The Hall–Kier alpha value is -3.64. The summed E-state index contributed by atoms with van der Waals surface area (Å²) in [7, 11) is 0. The highest BCUT2D eigenvalue weighted by Gasteiger charge is 2.35. The van der Waals surface area contributed by atoms with Gasteiger partial charge in [0.05, 0.1) is 10.6 Å². The van der Waals surface area contributed by atoms with Crippen LogP contribution in [0.3, 0.4) is 0 Å². The third kappa shape index (κ3) is 7.20. The maximum Gasteiger partial charge on any atom is 0.424 e. The Morgan fingerprint density at radius 2 is 1.46 bits per heavy atom. The van der Waals surface area contributed by atoms with Crippen LogP contribution in [0.5, 0.6) is 11.5 Å². The standard InChI is InChI=1S/C23H23Cl2FN2O9/c1-22(2,3)36-20(31)27(21(32)37-23(4,5)6)13-8-7-11(26)18(16(13)24)35-14-10-9-12(28(33)34)15(17(14)25)19(29)30/h7-10H,1-6H3,(H,29,30). The number of carboxylic acid groups (broad SMARTS) is 1. The third-order valence-electron chi connectivity index (χ3n) is 4.13. The predicted molar refractivity (Wildman–Crippen MR) is 131 cm³/mol. The van der Waals surface area contributed by atoms with Crippen molar-refractivity contribution in [1.82, 2.24) is 0 Å². The number of hydrogen-bond donors (Lipinski definition) is 1. The van der Waals surface area contributed by atoms with Crippen LogP contribution < -0.4 is 9.64 Å². The fraction of sp³-hybridized carbons (Fsp3) is 0.348. The first-order valence-electron chi connectivity index (χ1n) is 10.5. The lowest BCUT2D eigenvalue weighted by molar-refractivity contribution is -0.385. The summed E-state index contributed by atoms with van der Waals surface area (Å²) >= 11 is 12.4. The van der Waals surface area contributed by atoms with Crippen LogP contribution in [-0.4, -0.2) is 39.4 Å². The van der Waals surface area contributed by atoms with Crippen molar-refractivity contribution in [3.63, 3.8) is 0 Å². The molecule has 2 aromatic carbocycles. The maximum atomic E-state index is 14.8. The topological polar surface area (TPSA) is 146 Å². The number of imide groups is 1. The van der Waals surface area contributed by atoms with Gasteiger partial charge in [-0.25, -0.2) is 18.8 Å². The van der Waals surface area contributed by atoms with Gasteiger partial charge in [0.15, 0.2) is 17.1 Å². The maximum absolute atomic E-state index is 14.8. The Kier molecular flexibility index (Phi) is 8.61. The Morgan fingerprint density at radius 1 is 0.946 bits per heavy atom. The van der Waals surface area contributed by atoms with Crippen LogP contribution in [0.15, 0.2) is 24.3 Å². The summed E-state index contributed by atoms with van der Waals surface area (Å²) in [5.74, 6) is -4.08. The number of nitro groups is 1. The Balaban J connectivity index is 2.67. The largest absolute Gasteiger partial charge is 0.477 e. The van der Waals surface area contributed by atoms with Gasteiger partial charge < -0.3 is 19.3 Å². The van der Waals surface area contributed by atoms with E-state index in [-0.39, 0.29) is 0 Å². The lowest BCUT2D eigenvalue weighted by atomic mass is 10.1. The van der Waals surface area contributed by atoms with E-state index < -0.39 is 78.6 Å². The Morgan fingerprint density at radius 3 is 1.89 bits per heavy atom. The fourth-order valence-electron chi connectivity index (χ4n) is 2.77. The Bertz CT molecular complexity index is 1240. The molecule has 37 heavy (non-hydrogen) atoms. The molecule has 0 spiro atoms. The number of aromatic carboxylic acids is 1. The van der Waals surface area contributed by atoms with Crippen LogP contribution >= 0.6 is 23.2 Å². The minimum absolute atomic E-state index is 0.391. The first-order chi connectivity index (χ1) is 16.8. The van der Waals surface area contributed by atoms with Crippen molar-refractivity contribution >= 4 is 52.7 Å². The van der Waals surface area contributed by atoms with Gasteiger partial charge in [-0.15, -0.1) is 0 Å². The van der Waals surface area contributed by atoms with E-state index in [1.807, 2.05) is 0 Å². The highest BCUT2D eigenvalue weighted by molar-refractivity contribution is 6.37. The first kappa shape index (κ1) is 29.6. The molecular weight excluding hydrogens is 538 g/mol. The second-order valence-electron chi connectivity index (χ2n) is 9.44. The van der Waals surface area contributed by atoms with Gasteiger partial charge in [-0.2, -0.15) is 4.90 Å². The van der Waals surface area contributed by atoms with Crippen LogP contribution in [0, 0.1) is 15.9 Å². The number of nitro benzene ring substituents is 1. The van der Waals surface area contributed by atoms with Gasteiger partial charge in [-0.1, -0.05) is 23.2 Å². The molecule has 0 saturated carbocycles. The number of halogens is 3. The molecule has 1 N–H and O–H groups in total. The molecule has 200 valence electrons. The van der Waals surface area contributed by atoms with Crippen molar-refractivity contribution in [3.05, 3.63) is 55.8 Å². The number of carbonyl (C=O) groups is 3. The number of hydrogen-bond acceptors (Lipinski definition) is 8. The molecule has 0 aliphatic carbocycles. The van der Waals surface area contributed by atoms with E-state index >= 15 is 0 Å². The number of anilines is 1. The van der Waals surface area contributed by atoms with Gasteiger partial charge in [-0.05, 0) is 59.7 Å². The molecule has 0 heterocycles. The quantitative estimate of drug-likeness (QED) is 0.296. The lowest BCUT2D eigenvalue weighted by Crippen LogP contribution is -2.44. The molecule has 0 saturated heterocycles. The molecule has 11 nitrogen and oxygen atoms in total. The second-order valence-corrected chi connectivity index (χ2v) is 10.2. The molecule has 0 aliphatic heterocycles. The smallest absolute Gasteiger partial charge is 0.424 e. The molecule has 14 heteroatoms. The minimum Gasteiger partial charge on any atom is -0.477 e. The monoisotopic (exact) mass is 560 g/mol. The van der Waals surface area contributed by atoms with Gasteiger partial charge in [0.2, 0.25) is 0 Å². The number of carbonyl (C=O) groups excluding carboxylic acids is 2. The fourth-order valence-corrected chi connectivity index (χ4v) is 3.32. The number of amides is 2. The highest BCUT2D eigenvalue weighted by atomic mass is 35.5. The average molecular weight is 561 g/mol. The van der Waals surface area contributed by atoms with E-state index in [1.54, 1.807) is 41.5 Å². The van der Waals surface area contributed by atoms with E-state index in [1.165, 1.54) is 0 Å². The summed E-state index contributed by atoms with van der Waals surface area (Å²) < 4.78 is 30.7. The Labute approximate surface area is 220 Å². The summed E-state index contributed by atoms with van der Waals surface area (Å²) in [6.07, 6.45) is -2.38. The SMILES string of the molecule is CC(C)(C)OC(=O)N(C(=O)OC(C)(C)C)c1ccc(F)c(Oc2ccc([N+](=O)[O-])c(C(=O)O)c2Cl)c1Cl. The van der Waals surface area contributed by atoms with E-state index in [0.29, 0.717) is 4.90 Å². The zero-order valence-electron chi connectivity index (χ0n) is 20.6. The van der Waals surface area contributed by atoms with Crippen LogP contribution in [0.25, 0.3) is 0 Å². The van der Waals surface area contributed by atoms with Crippen molar-refractivity contribution in [3.8, 4) is 11.5 Å². The zero-order chi connectivity index (χ0) is 28.5. The summed E-state index contributed by atoms with van der Waals surface area (Å²) in [5, 5.41) is 19.2. The van der Waals surface area contributed by atoms with Gasteiger partial charge in [0, 0.05) is 6.07 Å². The first-order valence-corrected chi connectivity index (χ1v) is 11.2. The molecular formula is C23H23Cl2FN2O9. The van der Waals surface area contributed by atoms with Crippen molar-refractivity contribution in [2.24, 2.45) is 0 Å². The van der Waals surface area contributed by atoms with Crippen molar-refractivity contribution in [2.45, 2.75) is 52.7 Å². The van der Waals surface area contributed by atoms with E-state index in [0.717, 1.165) is 24.3 Å². The molecule has 0 bridgehead atoms. The highest BCUT2D eigenvalue weighted by Crippen LogP contribution is 2.43. The minimum atomic E-state index is -1.73. The second kappa shape index (κ2) is 10.8. The summed E-state index contributed by atoms with van der Waals surface area (Å²) in [4.78, 5) is 48.0. The molecule has 2 aromatic rings. The van der Waals surface area contributed by atoms with Crippen LogP contribution in [0.2, 0.25) is 10.0 Å². The van der Waals surface area contributed by atoms with Gasteiger partial charge in [-0.3, -0.25) is 10.1 Å². The number of nitrogens with zero attached hydrogens (tertiary/aromatic N) is 2. The number of rotatable bonds is 5. The summed E-state index contributed by atoms with van der Waals surface area (Å²) in [6.45, 7) is 9.31. The average Bonchev–Trinajstić information content (AvgIpc) is 2.70.